The Hall–Kier alpha value is -0.950. The third-order valence-electron chi connectivity index (χ3n) is 1.61. The van der Waals surface area contributed by atoms with E-state index in [0.29, 0.717) is 0 Å². The lowest BCUT2D eigenvalue weighted by Gasteiger charge is -2.03. The average Bonchev–Trinajstić information content (AvgIpc) is 2.14. The van der Waals surface area contributed by atoms with Crippen LogP contribution in [-0.4, -0.2) is 32.7 Å². The molecule has 1 rings (SSSR count). The summed E-state index contributed by atoms with van der Waals surface area (Å²) in [6.45, 7) is 0. The van der Waals surface area contributed by atoms with Crippen LogP contribution in [0.25, 0.3) is 0 Å². The van der Waals surface area contributed by atoms with Crippen LogP contribution in [0.1, 0.15) is 10.5 Å². The van der Waals surface area contributed by atoms with Crippen molar-refractivity contribution in [3.8, 4) is 0 Å². The highest BCUT2D eigenvalue weighted by Gasteiger charge is 2.16. The second-order valence-corrected chi connectivity index (χ2v) is 5.48. The smallest absolute Gasteiger partial charge is 0.356 e. The van der Waals surface area contributed by atoms with E-state index in [-0.39, 0.29) is 15.2 Å². The van der Waals surface area contributed by atoms with Gasteiger partial charge in [0, 0.05) is 6.26 Å². The van der Waals surface area contributed by atoms with Crippen molar-refractivity contribution in [2.75, 3.05) is 13.4 Å². The zero-order chi connectivity index (χ0) is 11.6. The molecule has 15 heavy (non-hydrogen) atoms. The fraction of sp³-hybridized carbons (Fsp3) is 0.250. The lowest BCUT2D eigenvalue weighted by molar-refractivity contribution is 0.0593. The normalized spacial score (nSPS) is 11.1. The Kier molecular flexibility index (Phi) is 3.46. The number of pyridine rings is 1. The van der Waals surface area contributed by atoms with Gasteiger partial charge in [-0.1, -0.05) is 0 Å². The molecular weight excluding hydrogens is 286 g/mol. The number of carbonyl (C=O) groups is 1. The molecule has 1 heterocycles. The van der Waals surface area contributed by atoms with Gasteiger partial charge in [0.05, 0.1) is 12.0 Å². The number of ether oxygens (including phenoxy) is 1. The summed E-state index contributed by atoms with van der Waals surface area (Å²) in [5, 5.41) is 0. The van der Waals surface area contributed by atoms with E-state index in [1.165, 1.54) is 19.2 Å². The quantitative estimate of drug-likeness (QED) is 0.602. The summed E-state index contributed by atoms with van der Waals surface area (Å²) < 4.78 is 27.0. The number of esters is 1. The fourth-order valence-electron chi connectivity index (χ4n) is 0.916. The Balaban J connectivity index is 3.27. The fourth-order valence-corrected chi connectivity index (χ4v) is 2.79. The molecule has 1 aromatic rings. The number of hydrogen-bond acceptors (Lipinski definition) is 5. The van der Waals surface area contributed by atoms with E-state index in [2.05, 4.69) is 25.7 Å². The Bertz CT molecular complexity index is 497. The summed E-state index contributed by atoms with van der Waals surface area (Å²) in [5.74, 6) is -0.615. The van der Waals surface area contributed by atoms with Gasteiger partial charge in [0.1, 0.15) is 10.3 Å². The second-order valence-electron chi connectivity index (χ2n) is 2.75. The Morgan fingerprint density at radius 3 is 2.47 bits per heavy atom. The molecule has 0 amide bonds. The summed E-state index contributed by atoms with van der Waals surface area (Å²) >= 11 is 2.98. The Labute approximate surface area is 95.5 Å². The molecule has 0 radical (unpaired) electrons. The number of sulfone groups is 1. The maximum absolute atomic E-state index is 11.2. The van der Waals surface area contributed by atoms with Gasteiger partial charge in [0.2, 0.25) is 0 Å². The molecule has 0 aliphatic carbocycles. The van der Waals surface area contributed by atoms with E-state index in [0.717, 1.165) is 6.26 Å². The molecule has 5 nitrogen and oxygen atoms in total. The predicted octanol–water partition coefficient (Wildman–Crippen LogP) is 1.03. The van der Waals surface area contributed by atoms with Crippen LogP contribution in [0, 0.1) is 0 Å². The number of nitrogens with zero attached hydrogens (tertiary/aromatic N) is 1. The summed E-state index contributed by atoms with van der Waals surface area (Å²) in [7, 11) is -2.12. The van der Waals surface area contributed by atoms with Crippen molar-refractivity contribution >= 4 is 31.7 Å². The van der Waals surface area contributed by atoms with Crippen LogP contribution in [0.15, 0.2) is 21.6 Å². The summed E-state index contributed by atoms with van der Waals surface area (Å²) in [6.07, 6.45) is 1.06. The van der Waals surface area contributed by atoms with E-state index in [4.69, 9.17) is 0 Å². The lowest BCUT2D eigenvalue weighted by atomic mass is 10.3. The molecule has 0 aromatic carbocycles. The van der Waals surface area contributed by atoms with Crippen LogP contribution >= 0.6 is 15.9 Å². The van der Waals surface area contributed by atoms with Gasteiger partial charge in [0.25, 0.3) is 0 Å². The van der Waals surface area contributed by atoms with Gasteiger partial charge >= 0.3 is 5.97 Å². The molecule has 82 valence electrons. The Morgan fingerprint density at radius 1 is 1.47 bits per heavy atom. The highest BCUT2D eigenvalue weighted by atomic mass is 79.9. The van der Waals surface area contributed by atoms with Gasteiger partial charge < -0.3 is 4.74 Å². The minimum Gasteiger partial charge on any atom is -0.464 e. The van der Waals surface area contributed by atoms with E-state index >= 15 is 0 Å². The van der Waals surface area contributed by atoms with Crippen molar-refractivity contribution in [1.82, 2.24) is 4.98 Å². The van der Waals surface area contributed by atoms with Gasteiger partial charge in [-0.25, -0.2) is 18.2 Å². The maximum atomic E-state index is 11.2. The average molecular weight is 294 g/mol. The zero-order valence-corrected chi connectivity index (χ0v) is 10.4. The van der Waals surface area contributed by atoms with Gasteiger partial charge in [0.15, 0.2) is 9.84 Å². The van der Waals surface area contributed by atoms with Crippen molar-refractivity contribution in [2.24, 2.45) is 0 Å². The largest absolute Gasteiger partial charge is 0.464 e. The first-order valence-corrected chi connectivity index (χ1v) is 6.49. The number of halogens is 1. The highest BCUT2D eigenvalue weighted by Crippen LogP contribution is 2.19. The van der Waals surface area contributed by atoms with Crippen molar-refractivity contribution in [2.45, 2.75) is 4.90 Å². The van der Waals surface area contributed by atoms with Gasteiger partial charge in [-0.3, -0.25) is 0 Å². The summed E-state index contributed by atoms with van der Waals surface area (Å²) in [5.41, 5.74) is 0.0526. The van der Waals surface area contributed by atoms with Crippen LogP contribution in [0.4, 0.5) is 0 Å². The Morgan fingerprint density at radius 2 is 2.07 bits per heavy atom. The van der Waals surface area contributed by atoms with Gasteiger partial charge in [-0.05, 0) is 28.1 Å². The van der Waals surface area contributed by atoms with Crippen molar-refractivity contribution in [3.63, 3.8) is 0 Å². The molecule has 0 spiro atoms. The van der Waals surface area contributed by atoms with Crippen molar-refractivity contribution in [3.05, 3.63) is 22.4 Å². The minimum atomic E-state index is -3.34. The van der Waals surface area contributed by atoms with E-state index in [9.17, 15) is 13.2 Å². The maximum Gasteiger partial charge on any atom is 0.356 e. The predicted molar refractivity (Wildman–Crippen MR) is 56.4 cm³/mol. The van der Waals surface area contributed by atoms with Crippen LogP contribution in [0.5, 0.6) is 0 Å². The van der Waals surface area contributed by atoms with E-state index < -0.39 is 15.8 Å². The van der Waals surface area contributed by atoms with Crippen molar-refractivity contribution in [1.29, 1.82) is 0 Å². The minimum absolute atomic E-state index is 0.0372. The second kappa shape index (κ2) is 4.28. The molecule has 7 heteroatoms. The third-order valence-corrected chi connectivity index (χ3v) is 3.60. The van der Waals surface area contributed by atoms with Crippen LogP contribution in [-0.2, 0) is 14.6 Å². The number of rotatable bonds is 2. The van der Waals surface area contributed by atoms with Crippen LogP contribution in [0.2, 0.25) is 0 Å². The molecule has 0 unspecified atom stereocenters. The molecule has 0 saturated carbocycles. The molecule has 0 aliphatic heterocycles. The molecule has 0 fully saturated rings. The molecule has 0 atom stereocenters. The summed E-state index contributed by atoms with van der Waals surface area (Å²) in [6, 6.07) is 2.60. The molecule has 0 aliphatic rings. The molecule has 0 N–H and O–H groups in total. The van der Waals surface area contributed by atoms with E-state index in [1.54, 1.807) is 0 Å². The third kappa shape index (κ3) is 2.75. The van der Waals surface area contributed by atoms with E-state index in [1.807, 2.05) is 0 Å². The summed E-state index contributed by atoms with van der Waals surface area (Å²) in [4.78, 5) is 14.9. The first-order chi connectivity index (χ1) is 6.86. The first-order valence-electron chi connectivity index (χ1n) is 3.81. The molecule has 0 saturated heterocycles. The molecule has 0 bridgehead atoms. The van der Waals surface area contributed by atoms with Gasteiger partial charge in [-0.2, -0.15) is 0 Å². The number of aromatic nitrogens is 1. The van der Waals surface area contributed by atoms with Crippen LogP contribution in [0.3, 0.4) is 0 Å². The highest BCUT2D eigenvalue weighted by molar-refractivity contribution is 9.10. The number of methoxy groups -OCH3 is 1. The van der Waals surface area contributed by atoms with Crippen molar-refractivity contribution < 1.29 is 17.9 Å². The SMILES string of the molecule is COC(=O)c1ccc(S(C)(=O)=O)c(Br)n1. The number of hydrogen-bond donors (Lipinski definition) is 0. The monoisotopic (exact) mass is 293 g/mol. The van der Waals surface area contributed by atoms with Crippen LogP contribution < -0.4 is 0 Å². The topological polar surface area (TPSA) is 73.3 Å². The first kappa shape index (κ1) is 12.1. The van der Waals surface area contributed by atoms with Gasteiger partial charge in [-0.15, -0.1) is 0 Å². The molecule has 1 aromatic heterocycles. The number of carbonyl (C=O) groups excluding carboxylic acids is 1. The molecular formula is C8H8BrNO4S. The lowest BCUT2D eigenvalue weighted by Crippen LogP contribution is -2.07. The standard InChI is InChI=1S/C8H8BrNO4S/c1-14-8(11)5-3-4-6(7(9)10-5)15(2,12)13/h3-4H,1-2H3. The zero-order valence-electron chi connectivity index (χ0n) is 8.02.